The maximum Gasteiger partial charge on any atom is 0.160 e. The maximum absolute atomic E-state index is 11.4. The molecule has 0 unspecified atom stereocenters. The number of ether oxygens (including phenoxy) is 1. The highest BCUT2D eigenvalue weighted by atomic mass is 79.9. The van der Waals surface area contributed by atoms with Crippen LogP contribution in [-0.2, 0) is 4.74 Å². The quantitative estimate of drug-likeness (QED) is 0.472. The van der Waals surface area contributed by atoms with Crippen LogP contribution in [-0.4, -0.2) is 25.3 Å². The molecule has 0 heterocycles. The number of Topliss-reactive ketones (excluding diaryl/α,β-unsaturated/α-hetero) is 1. The van der Waals surface area contributed by atoms with E-state index < -0.39 is 0 Å². The van der Waals surface area contributed by atoms with E-state index >= 15 is 0 Å². The number of carbonyl (C=O) groups excluding carboxylic acids is 1. The Bertz CT molecular complexity index is 352. The molecular weight excluding hydrogens is 276 g/mol. The second kappa shape index (κ2) is 6.30. The molecule has 82 valence electrons. The number of carbonyl (C=O) groups is 1. The van der Waals surface area contributed by atoms with Crippen molar-refractivity contribution >= 4 is 33.5 Å². The van der Waals surface area contributed by atoms with Crippen LogP contribution >= 0.6 is 27.7 Å². The number of methoxy groups -OCH3 is 1. The molecule has 0 bridgehead atoms. The monoisotopic (exact) mass is 288 g/mol. The van der Waals surface area contributed by atoms with E-state index in [0.717, 1.165) is 20.7 Å². The smallest absolute Gasteiger partial charge is 0.160 e. The molecule has 0 aromatic heterocycles. The van der Waals surface area contributed by atoms with Crippen molar-refractivity contribution in [3.05, 3.63) is 28.2 Å². The molecule has 0 atom stereocenters. The summed E-state index contributed by atoms with van der Waals surface area (Å²) in [4.78, 5) is 12.4. The molecule has 15 heavy (non-hydrogen) atoms. The molecular formula is C11H13BrO2S. The van der Waals surface area contributed by atoms with Gasteiger partial charge in [-0.05, 0) is 25.1 Å². The Morgan fingerprint density at radius 1 is 1.53 bits per heavy atom. The van der Waals surface area contributed by atoms with E-state index in [0.29, 0.717) is 6.61 Å². The molecule has 0 aliphatic heterocycles. The van der Waals surface area contributed by atoms with Gasteiger partial charge in [0.15, 0.2) is 5.78 Å². The Hall–Kier alpha value is -0.320. The highest BCUT2D eigenvalue weighted by Gasteiger charge is 2.07. The second-order valence-corrected chi connectivity index (χ2v) is 5.09. The van der Waals surface area contributed by atoms with E-state index in [-0.39, 0.29) is 5.78 Å². The molecule has 0 aliphatic carbocycles. The molecule has 0 radical (unpaired) electrons. The fourth-order valence-electron chi connectivity index (χ4n) is 1.14. The number of halogens is 1. The first-order chi connectivity index (χ1) is 7.15. The lowest BCUT2D eigenvalue weighted by Gasteiger charge is -2.06. The zero-order valence-electron chi connectivity index (χ0n) is 8.75. The Morgan fingerprint density at radius 2 is 2.27 bits per heavy atom. The van der Waals surface area contributed by atoms with Crippen LogP contribution < -0.4 is 0 Å². The van der Waals surface area contributed by atoms with Crippen LogP contribution in [0.5, 0.6) is 0 Å². The molecule has 0 spiro atoms. The summed E-state index contributed by atoms with van der Waals surface area (Å²) in [6.45, 7) is 2.28. The van der Waals surface area contributed by atoms with Gasteiger partial charge in [0.2, 0.25) is 0 Å². The number of hydrogen-bond donors (Lipinski definition) is 0. The third-order valence-electron chi connectivity index (χ3n) is 1.87. The van der Waals surface area contributed by atoms with Crippen LogP contribution in [0.1, 0.15) is 17.3 Å². The first-order valence-corrected chi connectivity index (χ1v) is 6.35. The van der Waals surface area contributed by atoms with Crippen LogP contribution in [0.4, 0.5) is 0 Å². The summed E-state index contributed by atoms with van der Waals surface area (Å²) in [6.07, 6.45) is 0. The van der Waals surface area contributed by atoms with Gasteiger partial charge in [0.1, 0.15) is 0 Å². The van der Waals surface area contributed by atoms with Crippen molar-refractivity contribution in [3.8, 4) is 0 Å². The molecule has 0 saturated carbocycles. The van der Waals surface area contributed by atoms with Gasteiger partial charge in [-0.15, -0.1) is 11.8 Å². The van der Waals surface area contributed by atoms with Gasteiger partial charge in [-0.25, -0.2) is 0 Å². The fraction of sp³-hybridized carbons (Fsp3) is 0.364. The second-order valence-electron chi connectivity index (χ2n) is 3.04. The van der Waals surface area contributed by atoms with E-state index in [4.69, 9.17) is 4.74 Å². The first-order valence-electron chi connectivity index (χ1n) is 4.57. The summed E-state index contributed by atoms with van der Waals surface area (Å²) in [7, 11) is 1.67. The molecule has 1 aromatic carbocycles. The van der Waals surface area contributed by atoms with Crippen molar-refractivity contribution in [2.24, 2.45) is 0 Å². The van der Waals surface area contributed by atoms with Gasteiger partial charge in [-0.1, -0.05) is 15.9 Å². The van der Waals surface area contributed by atoms with Crippen LogP contribution in [0, 0.1) is 0 Å². The highest BCUT2D eigenvalue weighted by Crippen LogP contribution is 2.26. The molecule has 0 N–H and O–H groups in total. The lowest BCUT2D eigenvalue weighted by atomic mass is 10.1. The number of thioether (sulfide) groups is 1. The Balaban J connectivity index is 2.81. The van der Waals surface area contributed by atoms with E-state index in [1.54, 1.807) is 25.8 Å². The van der Waals surface area contributed by atoms with Crippen LogP contribution in [0.3, 0.4) is 0 Å². The Kier molecular flexibility index (Phi) is 5.36. The van der Waals surface area contributed by atoms with E-state index in [1.807, 2.05) is 18.2 Å². The largest absolute Gasteiger partial charge is 0.384 e. The molecule has 0 fully saturated rings. The van der Waals surface area contributed by atoms with Gasteiger partial charge in [-0.3, -0.25) is 4.79 Å². The highest BCUT2D eigenvalue weighted by molar-refractivity contribution is 9.10. The summed E-state index contributed by atoms with van der Waals surface area (Å²) >= 11 is 5.00. The number of ketones is 1. The maximum atomic E-state index is 11.4. The van der Waals surface area contributed by atoms with Crippen molar-refractivity contribution in [3.63, 3.8) is 0 Å². The van der Waals surface area contributed by atoms with Crippen molar-refractivity contribution in [1.29, 1.82) is 0 Å². The number of rotatable bonds is 5. The molecule has 1 aromatic rings. The van der Waals surface area contributed by atoms with Crippen molar-refractivity contribution in [2.75, 3.05) is 19.5 Å². The summed E-state index contributed by atoms with van der Waals surface area (Å²) < 4.78 is 5.91. The molecule has 4 heteroatoms. The summed E-state index contributed by atoms with van der Waals surface area (Å²) in [5.74, 6) is 0.953. The number of benzene rings is 1. The molecule has 0 aliphatic rings. The lowest BCUT2D eigenvalue weighted by molar-refractivity contribution is 0.101. The average molecular weight is 289 g/mol. The summed E-state index contributed by atoms with van der Waals surface area (Å²) in [5.41, 5.74) is 0.769. The van der Waals surface area contributed by atoms with Crippen LogP contribution in [0.2, 0.25) is 0 Å². The van der Waals surface area contributed by atoms with Crippen LogP contribution in [0.15, 0.2) is 27.6 Å². The molecule has 0 saturated heterocycles. The average Bonchev–Trinajstić information content (AvgIpc) is 2.20. The fourth-order valence-corrected chi connectivity index (χ4v) is 2.49. The lowest BCUT2D eigenvalue weighted by Crippen LogP contribution is -1.97. The third kappa shape index (κ3) is 3.97. The zero-order chi connectivity index (χ0) is 11.3. The van der Waals surface area contributed by atoms with E-state index in [9.17, 15) is 4.79 Å². The molecule has 0 amide bonds. The summed E-state index contributed by atoms with van der Waals surface area (Å²) in [5, 5.41) is 0. The summed E-state index contributed by atoms with van der Waals surface area (Å²) in [6, 6.07) is 5.76. The predicted octanol–water partition coefficient (Wildman–Crippen LogP) is 3.39. The van der Waals surface area contributed by atoms with Gasteiger partial charge >= 0.3 is 0 Å². The normalized spacial score (nSPS) is 10.3. The van der Waals surface area contributed by atoms with Gasteiger partial charge in [0, 0.05) is 27.8 Å². The molecule has 1 rings (SSSR count). The predicted molar refractivity (Wildman–Crippen MR) is 66.7 cm³/mol. The minimum Gasteiger partial charge on any atom is -0.384 e. The van der Waals surface area contributed by atoms with Gasteiger partial charge in [-0.2, -0.15) is 0 Å². The number of hydrogen-bond acceptors (Lipinski definition) is 3. The minimum atomic E-state index is 0.0937. The van der Waals surface area contributed by atoms with Gasteiger partial charge < -0.3 is 4.74 Å². The topological polar surface area (TPSA) is 26.3 Å². The third-order valence-corrected chi connectivity index (χ3v) is 3.40. The van der Waals surface area contributed by atoms with Crippen molar-refractivity contribution < 1.29 is 9.53 Å². The van der Waals surface area contributed by atoms with Crippen molar-refractivity contribution in [2.45, 2.75) is 11.8 Å². The van der Waals surface area contributed by atoms with Gasteiger partial charge in [0.25, 0.3) is 0 Å². The Labute approximate surface area is 103 Å². The van der Waals surface area contributed by atoms with Crippen LogP contribution in [0.25, 0.3) is 0 Å². The first kappa shape index (κ1) is 12.7. The van der Waals surface area contributed by atoms with Crippen molar-refractivity contribution in [1.82, 2.24) is 0 Å². The SMILES string of the molecule is COCCSc1ccc(Br)cc1C(C)=O. The van der Waals surface area contributed by atoms with E-state index in [2.05, 4.69) is 15.9 Å². The Morgan fingerprint density at radius 3 is 2.87 bits per heavy atom. The zero-order valence-corrected chi connectivity index (χ0v) is 11.2. The van der Waals surface area contributed by atoms with Gasteiger partial charge in [0.05, 0.1) is 6.61 Å². The minimum absolute atomic E-state index is 0.0937. The van der Waals surface area contributed by atoms with E-state index in [1.165, 1.54) is 0 Å². The molecule has 2 nitrogen and oxygen atoms in total. The standard InChI is InChI=1S/C11H13BrO2S/c1-8(13)10-7-9(12)3-4-11(10)15-6-5-14-2/h3-4,7H,5-6H2,1-2H3.